The third-order valence-electron chi connectivity index (χ3n) is 5.27. The van der Waals surface area contributed by atoms with Crippen LogP contribution in [-0.2, 0) is 6.42 Å². The van der Waals surface area contributed by atoms with Gasteiger partial charge in [0.1, 0.15) is 5.75 Å². The molecule has 0 aliphatic rings. The number of aromatic nitrogens is 1. The van der Waals surface area contributed by atoms with Crippen molar-refractivity contribution in [2.75, 3.05) is 18.5 Å². The van der Waals surface area contributed by atoms with Crippen molar-refractivity contribution >= 4 is 28.5 Å². The highest BCUT2D eigenvalue weighted by molar-refractivity contribution is 6.10. The molecule has 1 amide bonds. The first-order valence-corrected chi connectivity index (χ1v) is 11.1. The van der Waals surface area contributed by atoms with Crippen molar-refractivity contribution < 1.29 is 9.53 Å². The molecule has 4 aromatic rings. The van der Waals surface area contributed by atoms with Gasteiger partial charge in [-0.15, -0.1) is 0 Å². The average Bonchev–Trinajstić information content (AvgIpc) is 3.23. The molecule has 0 bridgehead atoms. The summed E-state index contributed by atoms with van der Waals surface area (Å²) in [6.07, 6.45) is 2.77. The summed E-state index contributed by atoms with van der Waals surface area (Å²) in [5.74, 6) is 0.919. The molecule has 3 N–H and O–H groups in total. The Morgan fingerprint density at radius 2 is 1.85 bits per heavy atom. The number of hydrogen-bond acceptors (Lipinski definition) is 3. The zero-order valence-corrected chi connectivity index (χ0v) is 18.9. The van der Waals surface area contributed by atoms with Gasteiger partial charge in [-0.2, -0.15) is 0 Å². The van der Waals surface area contributed by atoms with E-state index in [1.54, 1.807) is 24.3 Å². The summed E-state index contributed by atoms with van der Waals surface area (Å²) in [5, 5.41) is 7.37. The van der Waals surface area contributed by atoms with Gasteiger partial charge in [0.05, 0.1) is 6.61 Å². The van der Waals surface area contributed by atoms with E-state index in [4.69, 9.17) is 4.74 Å². The minimum absolute atomic E-state index is 0.232. The maximum absolute atomic E-state index is 12.9. The molecule has 0 unspecified atom stereocenters. The zero-order valence-electron chi connectivity index (χ0n) is 18.9. The van der Waals surface area contributed by atoms with Crippen LogP contribution in [0, 0.1) is 6.92 Å². The highest BCUT2D eigenvalue weighted by atomic mass is 16.5. The number of nitrogens with zero attached hydrogens (tertiary/aromatic N) is 1. The first-order valence-electron chi connectivity index (χ1n) is 11.1. The normalized spacial score (nSPS) is 11.4. The predicted octanol–water partition coefficient (Wildman–Crippen LogP) is 5.32. The van der Waals surface area contributed by atoms with Gasteiger partial charge in [-0.25, -0.2) is 0 Å². The highest BCUT2D eigenvalue weighted by Gasteiger charge is 2.10. The molecule has 0 radical (unpaired) electrons. The van der Waals surface area contributed by atoms with Gasteiger partial charge in [0.15, 0.2) is 0 Å². The lowest BCUT2D eigenvalue weighted by atomic mass is 10.1. The number of aliphatic imine (C=N–C) groups is 1. The molecule has 0 atom stereocenters. The topological polar surface area (TPSA) is 78.5 Å². The monoisotopic (exact) mass is 440 g/mol. The number of guanidine groups is 1. The molecule has 0 aliphatic carbocycles. The van der Waals surface area contributed by atoms with Crippen molar-refractivity contribution in [1.82, 2.24) is 10.3 Å². The molecule has 4 rings (SSSR count). The number of aromatic amines is 1. The number of carbonyl (C=O) groups is 1. The van der Waals surface area contributed by atoms with E-state index < -0.39 is 0 Å². The largest absolute Gasteiger partial charge is 0.494 e. The molecule has 0 aliphatic heterocycles. The number of hydrogen-bond donors (Lipinski definition) is 3. The number of amides is 1. The third-order valence-corrected chi connectivity index (χ3v) is 5.27. The summed E-state index contributed by atoms with van der Waals surface area (Å²) in [6, 6.07) is 23.2. The highest BCUT2D eigenvalue weighted by Crippen LogP contribution is 2.18. The van der Waals surface area contributed by atoms with E-state index in [1.165, 1.54) is 10.9 Å². The molecule has 6 nitrogen and oxygen atoms in total. The van der Waals surface area contributed by atoms with E-state index in [-0.39, 0.29) is 5.91 Å². The maximum Gasteiger partial charge on any atom is 0.257 e. The van der Waals surface area contributed by atoms with E-state index in [1.807, 2.05) is 56.4 Å². The van der Waals surface area contributed by atoms with Crippen molar-refractivity contribution in [3.05, 3.63) is 95.7 Å². The number of para-hydroxylation sites is 1. The van der Waals surface area contributed by atoms with Gasteiger partial charge >= 0.3 is 0 Å². The van der Waals surface area contributed by atoms with Crippen LogP contribution in [0.1, 0.15) is 28.4 Å². The van der Waals surface area contributed by atoms with E-state index in [0.29, 0.717) is 24.7 Å². The Morgan fingerprint density at radius 1 is 1.03 bits per heavy atom. The van der Waals surface area contributed by atoms with Gasteiger partial charge in [0, 0.05) is 34.9 Å². The first kappa shape index (κ1) is 22.1. The van der Waals surface area contributed by atoms with Crippen molar-refractivity contribution in [1.29, 1.82) is 0 Å². The number of ether oxygens (including phenoxy) is 1. The second-order valence-electron chi connectivity index (χ2n) is 7.75. The van der Waals surface area contributed by atoms with Crippen LogP contribution in [0.25, 0.3) is 10.9 Å². The number of H-pyrrole nitrogens is 1. The lowest BCUT2D eigenvalue weighted by Crippen LogP contribution is -2.36. The van der Waals surface area contributed by atoms with Crippen LogP contribution in [0.4, 0.5) is 5.69 Å². The molecule has 1 aromatic heterocycles. The van der Waals surface area contributed by atoms with Crippen LogP contribution >= 0.6 is 0 Å². The lowest BCUT2D eigenvalue weighted by Gasteiger charge is -2.13. The fourth-order valence-corrected chi connectivity index (χ4v) is 3.65. The molecule has 1 heterocycles. The lowest BCUT2D eigenvalue weighted by molar-refractivity contribution is 0.0977. The third kappa shape index (κ3) is 5.80. The van der Waals surface area contributed by atoms with Gasteiger partial charge in [0.2, 0.25) is 5.96 Å². The van der Waals surface area contributed by atoms with Crippen molar-refractivity contribution in [3.63, 3.8) is 0 Å². The van der Waals surface area contributed by atoms with E-state index in [2.05, 4.69) is 32.7 Å². The van der Waals surface area contributed by atoms with Crippen LogP contribution in [-0.4, -0.2) is 30.0 Å². The fraction of sp³-hybridized carbons (Fsp3) is 0.185. The zero-order chi connectivity index (χ0) is 23.0. The number of aryl methyl sites for hydroxylation is 1. The summed E-state index contributed by atoms with van der Waals surface area (Å²) in [7, 11) is 0. The van der Waals surface area contributed by atoms with Gasteiger partial charge < -0.3 is 15.0 Å². The van der Waals surface area contributed by atoms with E-state index in [0.717, 1.165) is 28.9 Å². The Kier molecular flexibility index (Phi) is 7.05. The van der Waals surface area contributed by atoms with Crippen molar-refractivity contribution in [2.24, 2.45) is 4.99 Å². The van der Waals surface area contributed by atoms with Crippen LogP contribution < -0.4 is 15.4 Å². The molecule has 168 valence electrons. The minimum Gasteiger partial charge on any atom is -0.494 e. The molecule has 0 saturated carbocycles. The molecule has 0 saturated heterocycles. The summed E-state index contributed by atoms with van der Waals surface area (Å²) in [5.41, 5.74) is 4.83. The quantitative estimate of drug-likeness (QED) is 0.269. The Morgan fingerprint density at radius 3 is 2.64 bits per heavy atom. The van der Waals surface area contributed by atoms with Crippen LogP contribution in [0.5, 0.6) is 5.75 Å². The molecule has 0 spiro atoms. The first-order chi connectivity index (χ1) is 16.1. The van der Waals surface area contributed by atoms with Gasteiger partial charge in [-0.1, -0.05) is 30.3 Å². The SMILES string of the molecule is CCOc1ccc(C(=O)NC(=NCCc2c[nH]c3ccccc23)Nc2cccc(C)c2)cc1. The standard InChI is InChI=1S/C27H28N4O2/c1-3-33-23-13-11-20(12-14-23)26(32)31-27(30-22-8-6-7-19(2)17-22)28-16-15-21-18-29-25-10-5-4-9-24(21)25/h4-14,17-18,29H,3,15-16H2,1-2H3,(H2,28,30,31,32). The van der Waals surface area contributed by atoms with Gasteiger partial charge in [-0.05, 0) is 73.9 Å². The van der Waals surface area contributed by atoms with Crippen LogP contribution in [0.2, 0.25) is 0 Å². The number of nitrogens with one attached hydrogen (secondary N) is 3. The Labute approximate surface area is 193 Å². The number of rotatable bonds is 7. The second kappa shape index (κ2) is 10.5. The average molecular weight is 441 g/mol. The van der Waals surface area contributed by atoms with Crippen molar-refractivity contribution in [3.8, 4) is 5.75 Å². The number of benzene rings is 3. The summed E-state index contributed by atoms with van der Waals surface area (Å²) in [4.78, 5) is 20.8. The molecular weight excluding hydrogens is 412 g/mol. The maximum atomic E-state index is 12.9. The van der Waals surface area contributed by atoms with Crippen LogP contribution in [0.15, 0.2) is 84.0 Å². The molecule has 33 heavy (non-hydrogen) atoms. The van der Waals surface area contributed by atoms with Crippen LogP contribution in [0.3, 0.4) is 0 Å². The Balaban J connectivity index is 1.50. The Hall–Kier alpha value is -4.06. The minimum atomic E-state index is -0.232. The molecule has 0 fully saturated rings. The molecule has 3 aromatic carbocycles. The fourth-order valence-electron chi connectivity index (χ4n) is 3.65. The van der Waals surface area contributed by atoms with E-state index >= 15 is 0 Å². The predicted molar refractivity (Wildman–Crippen MR) is 134 cm³/mol. The van der Waals surface area contributed by atoms with E-state index in [9.17, 15) is 4.79 Å². The summed E-state index contributed by atoms with van der Waals surface area (Å²) in [6.45, 7) is 5.06. The Bertz CT molecular complexity index is 1260. The molecule has 6 heteroatoms. The smallest absolute Gasteiger partial charge is 0.257 e. The molecular formula is C27H28N4O2. The number of fused-ring (bicyclic) bond motifs is 1. The second-order valence-corrected chi connectivity index (χ2v) is 7.75. The number of anilines is 1. The number of carbonyl (C=O) groups excluding carboxylic acids is 1. The summed E-state index contributed by atoms with van der Waals surface area (Å²) < 4.78 is 5.46. The van der Waals surface area contributed by atoms with Gasteiger partial charge in [-0.3, -0.25) is 15.1 Å². The van der Waals surface area contributed by atoms with Crippen molar-refractivity contribution in [2.45, 2.75) is 20.3 Å². The van der Waals surface area contributed by atoms with Gasteiger partial charge in [0.25, 0.3) is 5.91 Å². The summed E-state index contributed by atoms with van der Waals surface area (Å²) >= 11 is 0.